The molecule has 1 fully saturated rings. The van der Waals surface area contributed by atoms with Crippen LogP contribution in [0, 0.1) is 0 Å². The van der Waals surface area contributed by atoms with Crippen molar-refractivity contribution in [2.24, 2.45) is 0 Å². The number of hydrogen-bond acceptors (Lipinski definition) is 4. The maximum atomic E-state index is 6.17. The Morgan fingerprint density at radius 2 is 2.25 bits per heavy atom. The summed E-state index contributed by atoms with van der Waals surface area (Å²) >= 11 is 6.17. The Kier molecular flexibility index (Phi) is 3.87. The van der Waals surface area contributed by atoms with Gasteiger partial charge in [-0.05, 0) is 25.7 Å². The van der Waals surface area contributed by atoms with Gasteiger partial charge in [0, 0.05) is 31.0 Å². The van der Waals surface area contributed by atoms with Crippen LogP contribution in [0.1, 0.15) is 32.6 Å². The van der Waals surface area contributed by atoms with Gasteiger partial charge in [-0.15, -0.1) is 0 Å². The minimum atomic E-state index is 0.471. The van der Waals surface area contributed by atoms with E-state index in [0.717, 1.165) is 18.8 Å². The largest absolute Gasteiger partial charge is 0.353 e. The molecule has 0 amide bonds. The predicted molar refractivity (Wildman–Crippen MR) is 79.4 cm³/mol. The van der Waals surface area contributed by atoms with Crippen LogP contribution >= 0.6 is 11.6 Å². The molecule has 3 rings (SSSR count). The first-order chi connectivity index (χ1) is 9.78. The van der Waals surface area contributed by atoms with Crippen LogP contribution in [0.5, 0.6) is 0 Å². The molecular formula is C14H18ClN5. The molecule has 1 aliphatic rings. The van der Waals surface area contributed by atoms with E-state index < -0.39 is 0 Å². The lowest BCUT2D eigenvalue weighted by Gasteiger charge is -2.36. The maximum Gasteiger partial charge on any atom is 0.238 e. The van der Waals surface area contributed by atoms with Crippen molar-refractivity contribution in [1.82, 2.24) is 19.5 Å². The van der Waals surface area contributed by atoms with Crippen molar-refractivity contribution in [2.45, 2.75) is 38.6 Å². The van der Waals surface area contributed by atoms with Gasteiger partial charge >= 0.3 is 0 Å². The van der Waals surface area contributed by atoms with Crippen molar-refractivity contribution in [3.63, 3.8) is 0 Å². The second-order valence-corrected chi connectivity index (χ2v) is 5.46. The Bertz CT molecular complexity index is 569. The van der Waals surface area contributed by atoms with Crippen LogP contribution in [-0.2, 0) is 0 Å². The van der Waals surface area contributed by atoms with Crippen molar-refractivity contribution in [1.29, 1.82) is 0 Å². The molecule has 0 radical (unpaired) electrons. The molecule has 2 aromatic heterocycles. The van der Waals surface area contributed by atoms with Crippen LogP contribution < -0.4 is 4.90 Å². The fraction of sp³-hybridized carbons (Fsp3) is 0.500. The molecule has 1 unspecified atom stereocenters. The van der Waals surface area contributed by atoms with Crippen LogP contribution in [0.15, 0.2) is 24.8 Å². The zero-order valence-corrected chi connectivity index (χ0v) is 12.3. The van der Waals surface area contributed by atoms with Gasteiger partial charge < -0.3 is 4.90 Å². The standard InChI is InChI=1S/C14H18ClN5/c1-2-11-5-3-4-7-20(11)13-9-12(15)17-14(18-13)19-8-6-16-10-19/h6,8-11H,2-5,7H2,1H3. The Labute approximate surface area is 123 Å². The van der Waals surface area contributed by atoms with E-state index in [2.05, 4.69) is 26.8 Å². The van der Waals surface area contributed by atoms with Crippen molar-refractivity contribution in [3.05, 3.63) is 29.9 Å². The second kappa shape index (κ2) is 5.79. The summed E-state index contributed by atoms with van der Waals surface area (Å²) in [5.74, 6) is 1.49. The van der Waals surface area contributed by atoms with Gasteiger partial charge in [-0.3, -0.25) is 4.57 Å². The van der Waals surface area contributed by atoms with E-state index in [-0.39, 0.29) is 0 Å². The zero-order chi connectivity index (χ0) is 13.9. The Morgan fingerprint density at radius 3 is 3.00 bits per heavy atom. The highest BCUT2D eigenvalue weighted by molar-refractivity contribution is 6.29. The fourth-order valence-electron chi connectivity index (χ4n) is 2.76. The maximum absolute atomic E-state index is 6.17. The van der Waals surface area contributed by atoms with E-state index in [1.54, 1.807) is 17.1 Å². The molecule has 0 spiro atoms. The van der Waals surface area contributed by atoms with Gasteiger partial charge in [0.05, 0.1) is 0 Å². The summed E-state index contributed by atoms with van der Waals surface area (Å²) < 4.78 is 1.78. The third-order valence-corrected chi connectivity index (χ3v) is 3.99. The molecule has 1 atom stereocenters. The number of halogens is 1. The molecule has 0 aliphatic carbocycles. The van der Waals surface area contributed by atoms with E-state index in [4.69, 9.17) is 11.6 Å². The van der Waals surface area contributed by atoms with E-state index in [9.17, 15) is 0 Å². The van der Waals surface area contributed by atoms with Crippen LogP contribution in [0.3, 0.4) is 0 Å². The van der Waals surface area contributed by atoms with Crippen LogP contribution in [-0.4, -0.2) is 32.1 Å². The van der Waals surface area contributed by atoms with Gasteiger partial charge in [0.2, 0.25) is 5.95 Å². The molecule has 1 aliphatic heterocycles. The van der Waals surface area contributed by atoms with E-state index >= 15 is 0 Å². The van der Waals surface area contributed by atoms with Gasteiger partial charge in [0.15, 0.2) is 0 Å². The van der Waals surface area contributed by atoms with Gasteiger partial charge in [0.1, 0.15) is 17.3 Å². The monoisotopic (exact) mass is 291 g/mol. The molecule has 0 bridgehead atoms. The second-order valence-electron chi connectivity index (χ2n) is 5.07. The summed E-state index contributed by atoms with van der Waals surface area (Å²) in [5.41, 5.74) is 0. The Morgan fingerprint density at radius 1 is 1.35 bits per heavy atom. The Balaban J connectivity index is 1.96. The summed E-state index contributed by atoms with van der Waals surface area (Å²) in [6, 6.07) is 2.40. The lowest BCUT2D eigenvalue weighted by atomic mass is 10.0. The number of imidazole rings is 1. The summed E-state index contributed by atoms with van der Waals surface area (Å²) in [5, 5.41) is 0.471. The zero-order valence-electron chi connectivity index (χ0n) is 11.5. The summed E-state index contributed by atoms with van der Waals surface area (Å²) in [7, 11) is 0. The average Bonchev–Trinajstić information content (AvgIpc) is 3.01. The third-order valence-electron chi connectivity index (χ3n) is 3.80. The number of hydrogen-bond donors (Lipinski definition) is 0. The van der Waals surface area contributed by atoms with Gasteiger partial charge in [-0.2, -0.15) is 4.98 Å². The number of rotatable bonds is 3. The fourth-order valence-corrected chi connectivity index (χ4v) is 2.93. The predicted octanol–water partition coefficient (Wildman–Crippen LogP) is 3.08. The van der Waals surface area contributed by atoms with Gasteiger partial charge in [0.25, 0.3) is 0 Å². The normalized spacial score (nSPS) is 19.3. The minimum absolute atomic E-state index is 0.471. The SMILES string of the molecule is CCC1CCCCN1c1cc(Cl)nc(-n2ccnc2)n1. The molecule has 1 saturated heterocycles. The number of anilines is 1. The molecule has 0 saturated carbocycles. The summed E-state index contributed by atoms with van der Waals surface area (Å²) in [6.07, 6.45) is 10.1. The van der Waals surface area contributed by atoms with E-state index in [1.807, 2.05) is 12.3 Å². The summed E-state index contributed by atoms with van der Waals surface area (Å²) in [6.45, 7) is 3.26. The van der Waals surface area contributed by atoms with E-state index in [1.165, 1.54) is 19.3 Å². The molecule has 6 heteroatoms. The highest BCUT2D eigenvalue weighted by atomic mass is 35.5. The molecular weight excluding hydrogens is 274 g/mol. The molecule has 20 heavy (non-hydrogen) atoms. The highest BCUT2D eigenvalue weighted by Gasteiger charge is 2.23. The minimum Gasteiger partial charge on any atom is -0.353 e. The molecule has 3 heterocycles. The topological polar surface area (TPSA) is 46.8 Å². The quantitative estimate of drug-likeness (QED) is 0.815. The number of nitrogens with zero attached hydrogens (tertiary/aromatic N) is 5. The van der Waals surface area contributed by atoms with Crippen molar-refractivity contribution < 1.29 is 0 Å². The van der Waals surface area contributed by atoms with Crippen molar-refractivity contribution in [3.8, 4) is 5.95 Å². The average molecular weight is 292 g/mol. The van der Waals surface area contributed by atoms with Crippen LogP contribution in [0.25, 0.3) is 5.95 Å². The first-order valence-corrected chi connectivity index (χ1v) is 7.45. The Hall–Kier alpha value is -1.62. The highest BCUT2D eigenvalue weighted by Crippen LogP contribution is 2.27. The molecule has 0 aromatic carbocycles. The molecule has 0 N–H and O–H groups in total. The number of piperidine rings is 1. The van der Waals surface area contributed by atoms with Gasteiger partial charge in [-0.25, -0.2) is 9.97 Å². The smallest absolute Gasteiger partial charge is 0.238 e. The summed E-state index contributed by atoms with van der Waals surface area (Å²) in [4.78, 5) is 15.3. The van der Waals surface area contributed by atoms with Crippen LogP contribution in [0.4, 0.5) is 5.82 Å². The van der Waals surface area contributed by atoms with Crippen molar-refractivity contribution >= 4 is 17.4 Å². The first-order valence-electron chi connectivity index (χ1n) is 7.07. The lowest BCUT2D eigenvalue weighted by Crippen LogP contribution is -2.39. The molecule has 106 valence electrons. The molecule has 5 nitrogen and oxygen atoms in total. The third kappa shape index (κ3) is 2.63. The van der Waals surface area contributed by atoms with E-state index in [0.29, 0.717) is 17.1 Å². The lowest BCUT2D eigenvalue weighted by molar-refractivity contribution is 0.446. The molecule has 2 aromatic rings. The number of aromatic nitrogens is 4. The van der Waals surface area contributed by atoms with Gasteiger partial charge in [-0.1, -0.05) is 18.5 Å². The van der Waals surface area contributed by atoms with Crippen LogP contribution in [0.2, 0.25) is 5.15 Å². The first kappa shape index (κ1) is 13.4. The van der Waals surface area contributed by atoms with Crippen molar-refractivity contribution in [2.75, 3.05) is 11.4 Å².